The van der Waals surface area contributed by atoms with Crippen LogP contribution in [-0.4, -0.2) is 0 Å². The molecule has 0 heterocycles. The van der Waals surface area contributed by atoms with Crippen molar-refractivity contribution in [3.8, 4) is 28.0 Å². The van der Waals surface area contributed by atoms with Crippen LogP contribution in [0.15, 0.2) is 171 Å². The van der Waals surface area contributed by atoms with Gasteiger partial charge in [0.1, 0.15) is 11.5 Å². The fourth-order valence-corrected chi connectivity index (χ4v) is 6.11. The van der Waals surface area contributed by atoms with Gasteiger partial charge in [-0.15, -0.1) is 0 Å². The zero-order valence-corrected chi connectivity index (χ0v) is 24.8. The third-order valence-corrected chi connectivity index (χ3v) is 8.29. The minimum absolute atomic E-state index is 0.567. The lowest BCUT2D eigenvalue weighted by atomic mass is 9.86. The Bertz CT molecular complexity index is 2160. The molecule has 0 N–H and O–H groups in total. The van der Waals surface area contributed by atoms with Crippen LogP contribution in [0, 0.1) is 6.92 Å². The molecule has 0 amide bonds. The number of fused-ring (bicyclic) bond motifs is 3. The second-order valence-corrected chi connectivity index (χ2v) is 11.2. The molecule has 1 nitrogen and oxygen atoms in total. The zero-order chi connectivity index (χ0) is 30.0. The van der Waals surface area contributed by atoms with E-state index in [2.05, 4.69) is 147 Å². The van der Waals surface area contributed by atoms with E-state index < -0.39 is 0 Å². The lowest BCUT2D eigenvalue weighted by Crippen LogP contribution is -1.93. The number of rotatable bonds is 7. The van der Waals surface area contributed by atoms with Gasteiger partial charge in [-0.2, -0.15) is 0 Å². The highest BCUT2D eigenvalue weighted by molar-refractivity contribution is 6.21. The Morgan fingerprint density at radius 1 is 0.523 bits per heavy atom. The molecule has 7 rings (SSSR count). The van der Waals surface area contributed by atoms with Gasteiger partial charge in [0.15, 0.2) is 0 Å². The van der Waals surface area contributed by atoms with Gasteiger partial charge in [0.25, 0.3) is 0 Å². The Morgan fingerprint density at radius 2 is 1.00 bits per heavy atom. The SMILES string of the molecule is C=C(/C=C\C(=C)c1ccc(-c2c3ccccc3c(-c3ccccc3)c3ccccc23)cc1)Oc1cc2ccccc2cc1C. The van der Waals surface area contributed by atoms with E-state index in [0.717, 1.165) is 27.8 Å². The second-order valence-electron chi connectivity index (χ2n) is 11.2. The monoisotopic (exact) mass is 564 g/mol. The standard InChI is InChI=1S/C43H32O/c1-29(21-22-31(3)44-41-28-36-16-8-7-15-35(36)27-30(41)2)32-23-25-34(26-24-32)43-39-19-11-9-17-37(39)42(33-13-5-4-6-14-33)38-18-10-12-20-40(38)43/h4-28H,1,3H2,2H3/b22-21-. The normalized spacial score (nSPS) is 11.4. The number of hydrogen-bond acceptors (Lipinski definition) is 1. The van der Waals surface area contributed by atoms with Gasteiger partial charge in [-0.25, -0.2) is 0 Å². The smallest absolute Gasteiger partial charge is 0.130 e. The first-order valence-corrected chi connectivity index (χ1v) is 14.9. The summed E-state index contributed by atoms with van der Waals surface area (Å²) in [5, 5.41) is 7.34. The third kappa shape index (κ3) is 5.10. The van der Waals surface area contributed by atoms with Gasteiger partial charge in [0.05, 0.1) is 0 Å². The molecular formula is C43H32O. The van der Waals surface area contributed by atoms with Crippen molar-refractivity contribution in [3.05, 3.63) is 182 Å². The highest BCUT2D eigenvalue weighted by Gasteiger charge is 2.16. The van der Waals surface area contributed by atoms with Gasteiger partial charge < -0.3 is 4.74 Å². The number of hydrogen-bond donors (Lipinski definition) is 0. The van der Waals surface area contributed by atoms with Crippen LogP contribution in [0.2, 0.25) is 0 Å². The molecule has 0 aliphatic heterocycles. The zero-order valence-electron chi connectivity index (χ0n) is 24.8. The van der Waals surface area contributed by atoms with Crippen LogP contribution in [-0.2, 0) is 0 Å². The maximum atomic E-state index is 6.12. The van der Waals surface area contributed by atoms with E-state index in [0.29, 0.717) is 5.76 Å². The van der Waals surface area contributed by atoms with Gasteiger partial charge in [-0.05, 0) is 96.4 Å². The van der Waals surface area contributed by atoms with Crippen molar-refractivity contribution < 1.29 is 4.74 Å². The van der Waals surface area contributed by atoms with E-state index in [1.165, 1.54) is 49.2 Å². The van der Waals surface area contributed by atoms with Crippen LogP contribution < -0.4 is 4.74 Å². The molecule has 7 aromatic carbocycles. The van der Waals surface area contributed by atoms with E-state index in [1.54, 1.807) is 0 Å². The maximum Gasteiger partial charge on any atom is 0.130 e. The van der Waals surface area contributed by atoms with E-state index in [-0.39, 0.29) is 0 Å². The van der Waals surface area contributed by atoms with Crippen molar-refractivity contribution in [2.24, 2.45) is 0 Å². The molecule has 1 heteroatoms. The summed E-state index contributed by atoms with van der Waals surface area (Å²) in [6.07, 6.45) is 3.85. The number of allylic oxidation sites excluding steroid dienone is 3. The summed E-state index contributed by atoms with van der Waals surface area (Å²) in [5.74, 6) is 1.38. The summed E-state index contributed by atoms with van der Waals surface area (Å²) >= 11 is 0. The summed E-state index contributed by atoms with van der Waals surface area (Å²) in [6, 6.07) is 49.4. The molecule has 0 saturated carbocycles. The molecule has 7 aromatic rings. The first kappa shape index (κ1) is 27.2. The summed E-state index contributed by atoms with van der Waals surface area (Å²) in [7, 11) is 0. The van der Waals surface area contributed by atoms with Crippen LogP contribution >= 0.6 is 0 Å². The first-order valence-electron chi connectivity index (χ1n) is 14.9. The Morgan fingerprint density at radius 3 is 1.57 bits per heavy atom. The van der Waals surface area contributed by atoms with Gasteiger partial charge >= 0.3 is 0 Å². The molecule has 0 radical (unpaired) electrons. The van der Waals surface area contributed by atoms with E-state index in [1.807, 2.05) is 24.3 Å². The van der Waals surface area contributed by atoms with Crippen LogP contribution in [0.1, 0.15) is 11.1 Å². The van der Waals surface area contributed by atoms with Crippen LogP contribution in [0.25, 0.3) is 60.1 Å². The molecule has 0 aliphatic carbocycles. The lowest BCUT2D eigenvalue weighted by molar-refractivity contribution is 0.444. The Balaban J connectivity index is 1.19. The Kier molecular flexibility index (Phi) is 7.14. The minimum Gasteiger partial charge on any atom is -0.458 e. The summed E-state index contributed by atoms with van der Waals surface area (Å²) in [6.45, 7) is 10.5. The first-order chi connectivity index (χ1) is 21.6. The molecular weight excluding hydrogens is 532 g/mol. The molecule has 0 spiro atoms. The lowest BCUT2D eigenvalue weighted by Gasteiger charge is -2.18. The highest BCUT2D eigenvalue weighted by atomic mass is 16.5. The molecule has 0 aromatic heterocycles. The third-order valence-electron chi connectivity index (χ3n) is 8.29. The maximum absolute atomic E-state index is 6.12. The molecule has 0 fully saturated rings. The largest absolute Gasteiger partial charge is 0.458 e. The quantitative estimate of drug-likeness (QED) is 0.106. The summed E-state index contributed by atoms with van der Waals surface area (Å²) in [4.78, 5) is 0. The van der Waals surface area contributed by atoms with Crippen molar-refractivity contribution in [2.75, 3.05) is 0 Å². The molecule has 210 valence electrons. The van der Waals surface area contributed by atoms with E-state index >= 15 is 0 Å². The Hall–Kier alpha value is -5.66. The molecule has 0 atom stereocenters. The minimum atomic E-state index is 0.567. The fourth-order valence-electron chi connectivity index (χ4n) is 6.11. The fraction of sp³-hybridized carbons (Fsp3) is 0.0233. The van der Waals surface area contributed by atoms with Crippen LogP contribution in [0.5, 0.6) is 5.75 Å². The van der Waals surface area contributed by atoms with Gasteiger partial charge in [0, 0.05) is 0 Å². The van der Waals surface area contributed by atoms with E-state index in [9.17, 15) is 0 Å². The van der Waals surface area contributed by atoms with Crippen molar-refractivity contribution in [3.63, 3.8) is 0 Å². The molecule has 0 unspecified atom stereocenters. The highest BCUT2D eigenvalue weighted by Crippen LogP contribution is 2.43. The predicted molar refractivity (Wildman–Crippen MR) is 189 cm³/mol. The second kappa shape index (κ2) is 11.6. The predicted octanol–water partition coefficient (Wildman–Crippen LogP) is 12.0. The molecule has 44 heavy (non-hydrogen) atoms. The van der Waals surface area contributed by atoms with Crippen molar-refractivity contribution in [1.29, 1.82) is 0 Å². The van der Waals surface area contributed by atoms with Crippen molar-refractivity contribution >= 4 is 37.9 Å². The summed E-state index contributed by atoms with van der Waals surface area (Å²) < 4.78 is 6.12. The van der Waals surface area contributed by atoms with Gasteiger partial charge in [0.2, 0.25) is 0 Å². The van der Waals surface area contributed by atoms with Crippen LogP contribution in [0.4, 0.5) is 0 Å². The average Bonchev–Trinajstić information content (AvgIpc) is 3.07. The van der Waals surface area contributed by atoms with Gasteiger partial charge in [-0.3, -0.25) is 0 Å². The van der Waals surface area contributed by atoms with Crippen molar-refractivity contribution in [1.82, 2.24) is 0 Å². The Labute approximate surface area is 258 Å². The number of benzene rings is 7. The molecule has 0 bridgehead atoms. The molecule has 0 saturated heterocycles. The number of aryl methyl sites for hydroxylation is 1. The topological polar surface area (TPSA) is 9.23 Å². The average molecular weight is 565 g/mol. The molecule has 0 aliphatic rings. The van der Waals surface area contributed by atoms with Crippen molar-refractivity contribution in [2.45, 2.75) is 6.92 Å². The summed E-state index contributed by atoms with van der Waals surface area (Å²) in [5.41, 5.74) is 7.95. The van der Waals surface area contributed by atoms with E-state index in [4.69, 9.17) is 4.74 Å². The van der Waals surface area contributed by atoms with Gasteiger partial charge in [-0.1, -0.05) is 147 Å². The van der Waals surface area contributed by atoms with Crippen LogP contribution in [0.3, 0.4) is 0 Å². The number of ether oxygens (including phenoxy) is 1.